The van der Waals surface area contributed by atoms with Gasteiger partial charge in [-0.2, -0.15) is 5.10 Å². The molecule has 2 fully saturated rings. The van der Waals surface area contributed by atoms with Crippen molar-refractivity contribution in [3.63, 3.8) is 0 Å². The molecule has 0 saturated heterocycles. The van der Waals surface area contributed by atoms with Crippen LogP contribution in [0.15, 0.2) is 6.20 Å². The lowest BCUT2D eigenvalue weighted by molar-refractivity contribution is 0.109. The molecule has 2 saturated carbocycles. The van der Waals surface area contributed by atoms with Crippen molar-refractivity contribution in [2.24, 2.45) is 10.8 Å². The van der Waals surface area contributed by atoms with Crippen molar-refractivity contribution in [2.75, 3.05) is 27.2 Å². The Morgan fingerprint density at radius 3 is 2.50 bits per heavy atom. The molecular weight excluding hydrogens is 296 g/mol. The molecule has 1 aromatic rings. The van der Waals surface area contributed by atoms with Gasteiger partial charge in [-0.15, -0.1) is 0 Å². The van der Waals surface area contributed by atoms with E-state index in [2.05, 4.69) is 47.5 Å². The normalized spacial score (nSPS) is 32.6. The van der Waals surface area contributed by atoms with Crippen LogP contribution in [0.2, 0.25) is 0 Å². The first-order valence-corrected chi connectivity index (χ1v) is 9.91. The van der Waals surface area contributed by atoms with Crippen molar-refractivity contribution >= 4 is 0 Å². The molecule has 1 heterocycles. The van der Waals surface area contributed by atoms with Gasteiger partial charge in [-0.3, -0.25) is 5.10 Å². The Hall–Kier alpha value is -0.870. The first kappa shape index (κ1) is 17.9. The predicted molar refractivity (Wildman–Crippen MR) is 100 cm³/mol. The van der Waals surface area contributed by atoms with Gasteiger partial charge in [0.2, 0.25) is 0 Å². The van der Waals surface area contributed by atoms with E-state index in [4.69, 9.17) is 0 Å². The molecule has 0 aromatic carbocycles. The second-order valence-electron chi connectivity index (χ2n) is 8.64. The average Bonchev–Trinajstić information content (AvgIpc) is 3.16. The van der Waals surface area contributed by atoms with E-state index >= 15 is 0 Å². The summed E-state index contributed by atoms with van der Waals surface area (Å²) in [6.07, 6.45) is 11.8. The number of fused-ring (bicyclic) bond motifs is 2. The van der Waals surface area contributed by atoms with Gasteiger partial charge >= 0.3 is 0 Å². The molecule has 24 heavy (non-hydrogen) atoms. The van der Waals surface area contributed by atoms with Gasteiger partial charge in [0.15, 0.2) is 0 Å². The largest absolute Gasteiger partial charge is 0.318 e. The van der Waals surface area contributed by atoms with E-state index in [0.29, 0.717) is 16.7 Å². The summed E-state index contributed by atoms with van der Waals surface area (Å²) in [6.45, 7) is 7.93. The smallest absolute Gasteiger partial charge is 0.0535 e. The fourth-order valence-corrected chi connectivity index (χ4v) is 5.54. The molecule has 0 spiro atoms. The third kappa shape index (κ3) is 3.41. The monoisotopic (exact) mass is 332 g/mol. The van der Waals surface area contributed by atoms with Crippen LogP contribution in [0.1, 0.15) is 76.0 Å². The average molecular weight is 333 g/mol. The number of likely N-dealkylation sites (N-methyl/N-ethyl adjacent to an activating group) is 2. The zero-order valence-corrected chi connectivity index (χ0v) is 16.1. The Morgan fingerprint density at radius 2 is 1.92 bits per heavy atom. The number of nitrogens with zero attached hydrogens (tertiary/aromatic N) is 2. The van der Waals surface area contributed by atoms with E-state index in [1.54, 1.807) is 0 Å². The topological polar surface area (TPSA) is 44.0 Å². The molecule has 0 amide bonds. The van der Waals surface area contributed by atoms with Crippen LogP contribution < -0.4 is 5.32 Å². The van der Waals surface area contributed by atoms with Crippen LogP contribution in [0.25, 0.3) is 0 Å². The van der Waals surface area contributed by atoms with Crippen molar-refractivity contribution in [3.05, 3.63) is 17.5 Å². The Bertz CT molecular complexity index is 519. The quantitative estimate of drug-likeness (QED) is 0.758. The molecule has 4 heteroatoms. The van der Waals surface area contributed by atoms with Crippen molar-refractivity contribution in [2.45, 2.75) is 71.3 Å². The molecule has 4 nitrogen and oxygen atoms in total. The number of hydrogen-bond acceptors (Lipinski definition) is 3. The van der Waals surface area contributed by atoms with E-state index in [1.807, 2.05) is 7.05 Å². The lowest BCUT2D eigenvalue weighted by atomic mass is 9.62. The zero-order valence-electron chi connectivity index (χ0n) is 16.1. The Balaban J connectivity index is 1.76. The van der Waals surface area contributed by atoms with Crippen LogP contribution in [0.3, 0.4) is 0 Å². The molecule has 0 radical (unpaired) electrons. The van der Waals surface area contributed by atoms with Crippen LogP contribution >= 0.6 is 0 Å². The standard InChI is InChI=1S/C20H36N4/c1-5-19-7-8-20(6-2,15-19)12-16(11-19)18-17(13-22-23-18)14-24(4)10-9-21-3/h13,16,21H,5-12,14-15H2,1-4H3,(H,22,23)/t16?,19-,20+. The molecular formula is C20H36N4. The highest BCUT2D eigenvalue weighted by Crippen LogP contribution is 2.64. The fourth-order valence-electron chi connectivity index (χ4n) is 5.54. The summed E-state index contributed by atoms with van der Waals surface area (Å²) in [4.78, 5) is 2.40. The van der Waals surface area contributed by atoms with Crippen molar-refractivity contribution in [1.82, 2.24) is 20.4 Å². The molecule has 3 atom stereocenters. The molecule has 1 aromatic heterocycles. The van der Waals surface area contributed by atoms with Gasteiger partial charge in [-0.05, 0) is 57.0 Å². The summed E-state index contributed by atoms with van der Waals surface area (Å²) < 4.78 is 0. The number of aromatic nitrogens is 2. The first-order chi connectivity index (χ1) is 11.6. The summed E-state index contributed by atoms with van der Waals surface area (Å²) in [7, 11) is 4.23. The highest BCUT2D eigenvalue weighted by molar-refractivity contribution is 5.24. The van der Waals surface area contributed by atoms with Crippen LogP contribution in [-0.4, -0.2) is 42.3 Å². The molecule has 2 N–H and O–H groups in total. The fraction of sp³-hybridized carbons (Fsp3) is 0.850. The Morgan fingerprint density at radius 1 is 1.25 bits per heavy atom. The van der Waals surface area contributed by atoms with Crippen LogP contribution in [0.5, 0.6) is 0 Å². The van der Waals surface area contributed by atoms with E-state index in [0.717, 1.165) is 19.6 Å². The van der Waals surface area contributed by atoms with Gasteiger partial charge < -0.3 is 10.2 Å². The third-order valence-electron chi connectivity index (χ3n) is 7.14. The van der Waals surface area contributed by atoms with Gasteiger partial charge in [0.1, 0.15) is 0 Å². The molecule has 3 rings (SSSR count). The maximum absolute atomic E-state index is 4.43. The summed E-state index contributed by atoms with van der Waals surface area (Å²) in [5, 5.41) is 11.1. The van der Waals surface area contributed by atoms with Crippen LogP contribution in [-0.2, 0) is 6.54 Å². The minimum Gasteiger partial charge on any atom is -0.318 e. The summed E-state index contributed by atoms with van der Waals surface area (Å²) >= 11 is 0. The highest BCUT2D eigenvalue weighted by atomic mass is 15.1. The number of H-pyrrole nitrogens is 1. The maximum Gasteiger partial charge on any atom is 0.0535 e. The summed E-state index contributed by atoms with van der Waals surface area (Å²) in [5.41, 5.74) is 4.04. The Labute approximate surface area is 147 Å². The summed E-state index contributed by atoms with van der Waals surface area (Å²) in [6, 6.07) is 0. The number of rotatable bonds is 8. The van der Waals surface area contributed by atoms with Crippen LogP contribution in [0.4, 0.5) is 0 Å². The van der Waals surface area contributed by atoms with Gasteiger partial charge in [0.05, 0.1) is 6.20 Å². The van der Waals surface area contributed by atoms with Crippen molar-refractivity contribution in [3.8, 4) is 0 Å². The van der Waals surface area contributed by atoms with Crippen LogP contribution in [0, 0.1) is 10.8 Å². The molecule has 0 aliphatic heterocycles. The first-order valence-electron chi connectivity index (χ1n) is 9.91. The van der Waals surface area contributed by atoms with Crippen molar-refractivity contribution in [1.29, 1.82) is 0 Å². The SMILES string of the molecule is CC[C@]12CC[C@](CC)(CC(c3[nH]ncc3CN(C)CCNC)C1)C2. The Kier molecular flexibility index (Phi) is 5.36. The van der Waals surface area contributed by atoms with Crippen molar-refractivity contribution < 1.29 is 0 Å². The van der Waals surface area contributed by atoms with Gasteiger partial charge in [0.25, 0.3) is 0 Å². The van der Waals surface area contributed by atoms with E-state index in [1.165, 1.54) is 56.2 Å². The van der Waals surface area contributed by atoms with E-state index < -0.39 is 0 Å². The lowest BCUT2D eigenvalue weighted by Gasteiger charge is -2.43. The second-order valence-corrected chi connectivity index (χ2v) is 8.64. The third-order valence-corrected chi connectivity index (χ3v) is 7.14. The van der Waals surface area contributed by atoms with E-state index in [9.17, 15) is 0 Å². The second kappa shape index (κ2) is 7.17. The number of nitrogens with one attached hydrogen (secondary N) is 2. The molecule has 136 valence electrons. The predicted octanol–water partition coefficient (Wildman–Crippen LogP) is 3.92. The van der Waals surface area contributed by atoms with Gasteiger partial charge in [-0.1, -0.05) is 26.7 Å². The highest BCUT2D eigenvalue weighted by Gasteiger charge is 2.52. The van der Waals surface area contributed by atoms with E-state index in [-0.39, 0.29) is 0 Å². The minimum absolute atomic E-state index is 0.597. The molecule has 2 aliphatic rings. The number of hydrogen-bond donors (Lipinski definition) is 2. The number of aromatic amines is 1. The lowest BCUT2D eigenvalue weighted by Crippen LogP contribution is -2.32. The zero-order chi connectivity index (χ0) is 17.2. The van der Waals surface area contributed by atoms with Gasteiger partial charge in [-0.25, -0.2) is 0 Å². The maximum atomic E-state index is 4.43. The molecule has 1 unspecified atom stereocenters. The summed E-state index contributed by atoms with van der Waals surface area (Å²) in [5.74, 6) is 0.677. The van der Waals surface area contributed by atoms with Gasteiger partial charge in [0, 0.05) is 36.8 Å². The molecule has 2 bridgehead atoms. The minimum atomic E-state index is 0.597. The molecule has 2 aliphatic carbocycles.